The third-order valence-corrected chi connectivity index (χ3v) is 2.36. The molecule has 1 N–H and O–H groups in total. The molecule has 0 heterocycles. The summed E-state index contributed by atoms with van der Waals surface area (Å²) < 4.78 is 0.842. The van der Waals surface area contributed by atoms with Gasteiger partial charge in [-0.1, -0.05) is 18.2 Å². The SMILES string of the molecule is C=C(Cl)CNc1ccc(C#N)cc1Br. The van der Waals surface area contributed by atoms with Crippen molar-refractivity contribution < 1.29 is 0 Å². The smallest absolute Gasteiger partial charge is 0.0992 e. The second-order valence-corrected chi connectivity index (χ2v) is 4.07. The molecule has 1 aromatic rings. The molecule has 72 valence electrons. The summed E-state index contributed by atoms with van der Waals surface area (Å²) in [5.74, 6) is 0. The Hall–Kier alpha value is -0.980. The summed E-state index contributed by atoms with van der Waals surface area (Å²) in [4.78, 5) is 0. The van der Waals surface area contributed by atoms with Gasteiger partial charge in [0, 0.05) is 15.2 Å². The topological polar surface area (TPSA) is 35.8 Å². The fraction of sp³-hybridized carbons (Fsp3) is 0.100. The van der Waals surface area contributed by atoms with Crippen molar-refractivity contribution in [3.05, 3.63) is 39.8 Å². The average Bonchev–Trinajstić information content (AvgIpc) is 2.15. The molecule has 0 saturated carbocycles. The van der Waals surface area contributed by atoms with Crippen LogP contribution in [0.2, 0.25) is 0 Å². The number of nitriles is 1. The van der Waals surface area contributed by atoms with E-state index in [0.717, 1.165) is 10.2 Å². The molecule has 0 aromatic heterocycles. The lowest BCUT2D eigenvalue weighted by atomic mass is 10.2. The molecule has 0 fully saturated rings. The molecule has 0 aliphatic rings. The Morgan fingerprint density at radius 3 is 2.86 bits per heavy atom. The predicted molar refractivity (Wildman–Crippen MR) is 62.3 cm³/mol. The molecule has 0 aliphatic heterocycles. The van der Waals surface area contributed by atoms with Crippen molar-refractivity contribution in [2.45, 2.75) is 0 Å². The predicted octanol–water partition coefficient (Wildman–Crippen LogP) is 3.49. The third kappa shape index (κ3) is 3.06. The van der Waals surface area contributed by atoms with Gasteiger partial charge < -0.3 is 5.32 Å². The zero-order valence-corrected chi connectivity index (χ0v) is 9.69. The fourth-order valence-electron chi connectivity index (χ4n) is 0.919. The van der Waals surface area contributed by atoms with Crippen molar-refractivity contribution in [1.82, 2.24) is 0 Å². The number of hydrogen-bond donors (Lipinski definition) is 1. The lowest BCUT2D eigenvalue weighted by Crippen LogP contribution is -2.01. The summed E-state index contributed by atoms with van der Waals surface area (Å²) in [6, 6.07) is 7.37. The van der Waals surface area contributed by atoms with Gasteiger partial charge in [0.15, 0.2) is 0 Å². The maximum absolute atomic E-state index is 8.64. The highest BCUT2D eigenvalue weighted by Crippen LogP contribution is 2.23. The summed E-state index contributed by atoms with van der Waals surface area (Å²) in [5.41, 5.74) is 1.51. The first-order chi connectivity index (χ1) is 6.63. The lowest BCUT2D eigenvalue weighted by Gasteiger charge is -2.07. The maximum Gasteiger partial charge on any atom is 0.0992 e. The van der Waals surface area contributed by atoms with Crippen LogP contribution in [0.1, 0.15) is 5.56 Å². The summed E-state index contributed by atoms with van der Waals surface area (Å²) >= 11 is 8.97. The Balaban J connectivity index is 2.80. The van der Waals surface area contributed by atoms with E-state index in [2.05, 4.69) is 33.9 Å². The van der Waals surface area contributed by atoms with E-state index in [9.17, 15) is 0 Å². The Morgan fingerprint density at radius 1 is 1.64 bits per heavy atom. The molecule has 14 heavy (non-hydrogen) atoms. The quantitative estimate of drug-likeness (QED) is 0.913. The number of benzene rings is 1. The van der Waals surface area contributed by atoms with Crippen LogP contribution >= 0.6 is 27.5 Å². The molecule has 4 heteroatoms. The van der Waals surface area contributed by atoms with Gasteiger partial charge in [-0.15, -0.1) is 0 Å². The van der Waals surface area contributed by atoms with Crippen molar-refractivity contribution in [3.8, 4) is 6.07 Å². The highest BCUT2D eigenvalue weighted by Gasteiger charge is 2.00. The molecule has 0 spiro atoms. The molecule has 0 saturated heterocycles. The molecule has 0 bridgehead atoms. The highest BCUT2D eigenvalue weighted by molar-refractivity contribution is 9.10. The van der Waals surface area contributed by atoms with Gasteiger partial charge in [-0.2, -0.15) is 5.26 Å². The first-order valence-electron chi connectivity index (χ1n) is 3.90. The third-order valence-electron chi connectivity index (χ3n) is 1.57. The second-order valence-electron chi connectivity index (χ2n) is 2.68. The molecule has 0 radical (unpaired) electrons. The fourth-order valence-corrected chi connectivity index (χ4v) is 1.50. The van der Waals surface area contributed by atoms with Crippen LogP contribution in [0.3, 0.4) is 0 Å². The second kappa shape index (κ2) is 5.04. The van der Waals surface area contributed by atoms with Crippen LogP contribution in [0.25, 0.3) is 0 Å². The Labute approximate surface area is 96.3 Å². The number of nitrogens with one attached hydrogen (secondary N) is 1. The lowest BCUT2D eigenvalue weighted by molar-refractivity contribution is 1.30. The molecule has 0 amide bonds. The molecular formula is C10H8BrClN2. The molecule has 1 rings (SSSR count). The maximum atomic E-state index is 8.64. The van der Waals surface area contributed by atoms with E-state index in [-0.39, 0.29) is 0 Å². The van der Waals surface area contributed by atoms with E-state index in [1.54, 1.807) is 12.1 Å². The van der Waals surface area contributed by atoms with Crippen LogP contribution in [0, 0.1) is 11.3 Å². The van der Waals surface area contributed by atoms with Crippen molar-refractivity contribution >= 4 is 33.2 Å². The normalized spacial score (nSPS) is 9.21. The van der Waals surface area contributed by atoms with Crippen molar-refractivity contribution in [1.29, 1.82) is 5.26 Å². The average molecular weight is 272 g/mol. The summed E-state index contributed by atoms with van der Waals surface area (Å²) in [5, 5.41) is 12.3. The first-order valence-corrected chi connectivity index (χ1v) is 5.07. The van der Waals surface area contributed by atoms with Crippen LogP contribution in [0.15, 0.2) is 34.3 Å². The van der Waals surface area contributed by atoms with Gasteiger partial charge in [0.1, 0.15) is 0 Å². The Morgan fingerprint density at radius 2 is 2.36 bits per heavy atom. The molecule has 0 aliphatic carbocycles. The number of halogens is 2. The summed E-state index contributed by atoms with van der Waals surface area (Å²) in [7, 11) is 0. The number of anilines is 1. The van der Waals surface area contributed by atoms with E-state index in [1.165, 1.54) is 0 Å². The first kappa shape index (κ1) is 11.1. The highest BCUT2D eigenvalue weighted by atomic mass is 79.9. The van der Waals surface area contributed by atoms with Crippen molar-refractivity contribution in [3.63, 3.8) is 0 Å². The zero-order chi connectivity index (χ0) is 10.6. The van der Waals surface area contributed by atoms with Crippen LogP contribution in [-0.2, 0) is 0 Å². The van der Waals surface area contributed by atoms with Crippen LogP contribution < -0.4 is 5.32 Å². The van der Waals surface area contributed by atoms with Gasteiger partial charge in [-0.25, -0.2) is 0 Å². The molecule has 0 unspecified atom stereocenters. The van der Waals surface area contributed by atoms with E-state index >= 15 is 0 Å². The van der Waals surface area contributed by atoms with E-state index < -0.39 is 0 Å². The van der Waals surface area contributed by atoms with E-state index in [1.807, 2.05) is 6.07 Å². The van der Waals surface area contributed by atoms with Gasteiger partial charge in [0.2, 0.25) is 0 Å². The van der Waals surface area contributed by atoms with Crippen molar-refractivity contribution in [2.75, 3.05) is 11.9 Å². The molecule has 0 atom stereocenters. The minimum atomic E-state index is 0.506. The van der Waals surface area contributed by atoms with Gasteiger partial charge in [0.25, 0.3) is 0 Å². The van der Waals surface area contributed by atoms with E-state index in [4.69, 9.17) is 16.9 Å². The van der Waals surface area contributed by atoms with Crippen LogP contribution in [-0.4, -0.2) is 6.54 Å². The molecule has 2 nitrogen and oxygen atoms in total. The molecular weight excluding hydrogens is 263 g/mol. The monoisotopic (exact) mass is 270 g/mol. The number of rotatable bonds is 3. The standard InChI is InChI=1S/C10H8BrClN2/c1-7(12)6-14-10-3-2-8(5-13)4-9(10)11/h2-4,14H,1,6H2. The minimum absolute atomic E-state index is 0.506. The Kier molecular flexibility index (Phi) is 3.99. The van der Waals surface area contributed by atoms with Gasteiger partial charge in [-0.05, 0) is 34.1 Å². The van der Waals surface area contributed by atoms with Crippen LogP contribution in [0.4, 0.5) is 5.69 Å². The van der Waals surface area contributed by atoms with Gasteiger partial charge >= 0.3 is 0 Å². The number of nitrogens with zero attached hydrogens (tertiary/aromatic N) is 1. The largest absolute Gasteiger partial charge is 0.379 e. The summed E-state index contributed by atoms with van der Waals surface area (Å²) in [6.07, 6.45) is 0. The number of hydrogen-bond acceptors (Lipinski definition) is 2. The summed E-state index contributed by atoms with van der Waals surface area (Å²) in [6.45, 7) is 4.07. The van der Waals surface area contributed by atoms with E-state index in [0.29, 0.717) is 17.1 Å². The van der Waals surface area contributed by atoms with Crippen LogP contribution in [0.5, 0.6) is 0 Å². The molecule has 1 aromatic carbocycles. The van der Waals surface area contributed by atoms with Gasteiger partial charge in [-0.3, -0.25) is 0 Å². The Bertz CT molecular complexity index is 396. The van der Waals surface area contributed by atoms with Gasteiger partial charge in [0.05, 0.1) is 18.2 Å². The van der Waals surface area contributed by atoms with Crippen molar-refractivity contribution in [2.24, 2.45) is 0 Å². The minimum Gasteiger partial charge on any atom is -0.379 e. The zero-order valence-electron chi connectivity index (χ0n) is 7.35.